The van der Waals surface area contributed by atoms with Crippen molar-refractivity contribution in [2.75, 3.05) is 11.4 Å². The van der Waals surface area contributed by atoms with E-state index in [1.807, 2.05) is 66.9 Å². The summed E-state index contributed by atoms with van der Waals surface area (Å²) < 4.78 is 8.60. The van der Waals surface area contributed by atoms with E-state index in [0.717, 1.165) is 72.5 Å². The molecule has 0 fully saturated rings. The monoisotopic (exact) mass is 646 g/mol. The standard InChI is InChI=1S/C43H30N6O/c1-29-12-4-3-9-25-48(33-14-5-2-6-15-33)40-27-31(20-22-34(29)40)43-47-46-42(50-43)30-21-23-39-36(26-30)35-16-7-8-18-38(35)49(39)41-19-10-17-37(45-41)32-13-11-24-44-28-32/h2-24,26-28H,1,25H2/b9-3-,12-4-. The van der Waals surface area contributed by atoms with Crippen molar-refractivity contribution < 1.29 is 4.42 Å². The Labute approximate surface area is 288 Å². The van der Waals surface area contributed by atoms with Crippen LogP contribution in [0, 0.1) is 0 Å². The summed E-state index contributed by atoms with van der Waals surface area (Å²) in [6.07, 6.45) is 11.9. The number of nitrogens with zero attached hydrogens (tertiary/aromatic N) is 6. The van der Waals surface area contributed by atoms with Gasteiger partial charge in [-0.1, -0.05) is 79.4 Å². The highest BCUT2D eigenvalue weighted by atomic mass is 16.4. The fourth-order valence-corrected chi connectivity index (χ4v) is 6.65. The zero-order valence-electron chi connectivity index (χ0n) is 27.0. The highest BCUT2D eigenvalue weighted by Crippen LogP contribution is 2.38. The van der Waals surface area contributed by atoms with Gasteiger partial charge in [-0.15, -0.1) is 10.2 Å². The van der Waals surface area contributed by atoms with Gasteiger partial charge in [0.15, 0.2) is 0 Å². The SMILES string of the molecule is C=C1/C=C\C=C/CN(c2ccccc2)c2cc(-c3nnc(-c4ccc5c(c4)c4ccccc4n5-c4cccc(-c5cccnc5)n4)o3)ccc21. The average Bonchev–Trinajstić information content (AvgIpc) is 3.81. The van der Waals surface area contributed by atoms with Crippen molar-refractivity contribution >= 4 is 38.8 Å². The maximum Gasteiger partial charge on any atom is 0.248 e. The van der Waals surface area contributed by atoms with E-state index in [2.05, 4.69) is 116 Å². The summed E-state index contributed by atoms with van der Waals surface area (Å²) in [4.78, 5) is 11.6. The zero-order valence-corrected chi connectivity index (χ0v) is 27.0. The lowest BCUT2D eigenvalue weighted by atomic mass is 10.0. The summed E-state index contributed by atoms with van der Waals surface area (Å²) in [5, 5.41) is 11.2. The molecule has 9 rings (SSSR count). The van der Waals surface area contributed by atoms with Gasteiger partial charge in [0.2, 0.25) is 11.8 Å². The second-order valence-corrected chi connectivity index (χ2v) is 12.1. The van der Waals surface area contributed by atoms with Crippen LogP contribution in [-0.4, -0.2) is 31.3 Å². The molecule has 0 N–H and O–H groups in total. The summed E-state index contributed by atoms with van der Waals surface area (Å²) in [6.45, 7) is 5.05. The number of rotatable bonds is 5. The maximum atomic E-state index is 6.40. The lowest BCUT2D eigenvalue weighted by Crippen LogP contribution is -2.18. The van der Waals surface area contributed by atoms with Crippen LogP contribution in [0.25, 0.3) is 67.4 Å². The lowest BCUT2D eigenvalue weighted by molar-refractivity contribution is 0.584. The predicted octanol–water partition coefficient (Wildman–Crippen LogP) is 10.2. The number of aromatic nitrogens is 5. The molecule has 8 aromatic rings. The molecule has 0 aliphatic carbocycles. The van der Waals surface area contributed by atoms with Gasteiger partial charge in [-0.05, 0) is 78.4 Å². The molecule has 0 amide bonds. The van der Waals surface area contributed by atoms with Crippen LogP contribution in [0.4, 0.5) is 11.4 Å². The molecule has 1 aliphatic rings. The number of fused-ring (bicyclic) bond motifs is 4. The van der Waals surface area contributed by atoms with Crippen LogP contribution in [-0.2, 0) is 0 Å². The number of hydrogen-bond acceptors (Lipinski definition) is 6. The number of hydrogen-bond donors (Lipinski definition) is 0. The second-order valence-electron chi connectivity index (χ2n) is 12.1. The molecule has 0 saturated heterocycles. The van der Waals surface area contributed by atoms with Crippen molar-refractivity contribution in [3.63, 3.8) is 0 Å². The molecule has 1 aliphatic heterocycles. The Bertz CT molecular complexity index is 2600. The number of para-hydroxylation sites is 2. The van der Waals surface area contributed by atoms with E-state index in [1.54, 1.807) is 6.20 Å². The molecule has 4 aromatic heterocycles. The molecular weight excluding hydrogens is 617 g/mol. The van der Waals surface area contributed by atoms with Crippen LogP contribution in [0.5, 0.6) is 0 Å². The van der Waals surface area contributed by atoms with Crippen LogP contribution >= 0.6 is 0 Å². The predicted molar refractivity (Wildman–Crippen MR) is 201 cm³/mol. The van der Waals surface area contributed by atoms with Gasteiger partial charge >= 0.3 is 0 Å². The third-order valence-corrected chi connectivity index (χ3v) is 9.05. The molecule has 0 spiro atoms. The van der Waals surface area contributed by atoms with Crippen molar-refractivity contribution in [3.05, 3.63) is 170 Å². The zero-order chi connectivity index (χ0) is 33.4. The summed E-state index contributed by atoms with van der Waals surface area (Å²) in [6, 6.07) is 41.2. The quantitative estimate of drug-likeness (QED) is 0.185. The third-order valence-electron chi connectivity index (χ3n) is 9.05. The Morgan fingerprint density at radius 1 is 0.660 bits per heavy atom. The van der Waals surface area contributed by atoms with E-state index < -0.39 is 0 Å². The van der Waals surface area contributed by atoms with Crippen LogP contribution < -0.4 is 4.90 Å². The normalized spacial score (nSPS) is 14.2. The Morgan fingerprint density at radius 3 is 2.32 bits per heavy atom. The first-order valence-corrected chi connectivity index (χ1v) is 16.5. The lowest BCUT2D eigenvalue weighted by Gasteiger charge is -2.26. The van der Waals surface area contributed by atoms with Gasteiger partial charge in [-0.25, -0.2) is 4.98 Å². The topological polar surface area (TPSA) is 72.9 Å². The summed E-state index contributed by atoms with van der Waals surface area (Å²) in [5.74, 6) is 1.73. The molecule has 7 heteroatoms. The minimum absolute atomic E-state index is 0.450. The highest BCUT2D eigenvalue weighted by Gasteiger charge is 2.20. The van der Waals surface area contributed by atoms with E-state index in [9.17, 15) is 0 Å². The molecule has 0 saturated carbocycles. The number of benzene rings is 4. The molecule has 7 nitrogen and oxygen atoms in total. The molecule has 5 heterocycles. The van der Waals surface area contributed by atoms with Gasteiger partial charge in [-0.2, -0.15) is 0 Å². The van der Waals surface area contributed by atoms with Crippen LogP contribution in [0.1, 0.15) is 5.56 Å². The Hall–Kier alpha value is -6.86. The molecule has 0 bridgehead atoms. The van der Waals surface area contributed by atoms with E-state index in [0.29, 0.717) is 18.3 Å². The fraction of sp³-hybridized carbons (Fsp3) is 0.0233. The molecule has 50 heavy (non-hydrogen) atoms. The highest BCUT2D eigenvalue weighted by molar-refractivity contribution is 6.10. The van der Waals surface area contributed by atoms with Crippen LogP contribution in [0.15, 0.2) is 169 Å². The number of allylic oxidation sites excluding steroid dienone is 4. The fourth-order valence-electron chi connectivity index (χ4n) is 6.65. The Morgan fingerprint density at radius 2 is 1.46 bits per heavy atom. The smallest absolute Gasteiger partial charge is 0.248 e. The largest absolute Gasteiger partial charge is 0.416 e. The molecule has 0 unspecified atom stereocenters. The third kappa shape index (κ3) is 5.18. The van der Waals surface area contributed by atoms with Crippen molar-refractivity contribution in [2.45, 2.75) is 0 Å². The van der Waals surface area contributed by atoms with E-state index in [4.69, 9.17) is 9.40 Å². The molecule has 0 atom stereocenters. The van der Waals surface area contributed by atoms with Gasteiger partial charge in [0.05, 0.1) is 22.4 Å². The van der Waals surface area contributed by atoms with Gasteiger partial charge < -0.3 is 9.32 Å². The van der Waals surface area contributed by atoms with Crippen LogP contribution in [0.2, 0.25) is 0 Å². The van der Waals surface area contributed by atoms with E-state index >= 15 is 0 Å². The maximum absolute atomic E-state index is 6.40. The first kappa shape index (κ1) is 29.3. The minimum atomic E-state index is 0.450. The van der Waals surface area contributed by atoms with Gasteiger partial charge in [0, 0.05) is 57.7 Å². The Kier molecular flexibility index (Phi) is 7.21. The Balaban J connectivity index is 1.12. The minimum Gasteiger partial charge on any atom is -0.416 e. The first-order chi connectivity index (χ1) is 24.7. The van der Waals surface area contributed by atoms with Crippen molar-refractivity contribution in [1.29, 1.82) is 0 Å². The van der Waals surface area contributed by atoms with Crippen molar-refractivity contribution in [3.8, 4) is 40.0 Å². The average molecular weight is 647 g/mol. The van der Waals surface area contributed by atoms with Crippen molar-refractivity contribution in [2.24, 2.45) is 0 Å². The van der Waals surface area contributed by atoms with Crippen LogP contribution in [0.3, 0.4) is 0 Å². The first-order valence-electron chi connectivity index (χ1n) is 16.5. The van der Waals surface area contributed by atoms with E-state index in [1.165, 1.54) is 0 Å². The molecular formula is C43H30N6O. The second kappa shape index (κ2) is 12.3. The van der Waals surface area contributed by atoms with Crippen molar-refractivity contribution in [1.82, 2.24) is 24.7 Å². The van der Waals surface area contributed by atoms with Gasteiger partial charge in [0.25, 0.3) is 0 Å². The van der Waals surface area contributed by atoms with Gasteiger partial charge in [0.1, 0.15) is 5.82 Å². The number of pyridine rings is 2. The number of anilines is 2. The summed E-state index contributed by atoms with van der Waals surface area (Å²) >= 11 is 0. The summed E-state index contributed by atoms with van der Waals surface area (Å²) in [5.41, 5.74) is 9.68. The van der Waals surface area contributed by atoms with E-state index in [-0.39, 0.29) is 0 Å². The molecule has 238 valence electrons. The van der Waals surface area contributed by atoms with Gasteiger partial charge in [-0.3, -0.25) is 9.55 Å². The molecule has 0 radical (unpaired) electrons. The molecule has 4 aromatic carbocycles. The summed E-state index contributed by atoms with van der Waals surface area (Å²) in [7, 11) is 0.